The van der Waals surface area contributed by atoms with Crippen LogP contribution in [-0.2, 0) is 5.88 Å². The summed E-state index contributed by atoms with van der Waals surface area (Å²) in [5.41, 5.74) is 1.38. The van der Waals surface area contributed by atoms with Gasteiger partial charge in [-0.2, -0.15) is 0 Å². The largest absolute Gasteiger partial charge is 0.356 e. The maximum atomic E-state index is 6.00. The van der Waals surface area contributed by atoms with Gasteiger partial charge in [-0.3, -0.25) is 0 Å². The smallest absolute Gasteiger partial charge is 0.168 e. The third kappa shape index (κ3) is 2.28. The summed E-state index contributed by atoms with van der Waals surface area (Å²) >= 11 is 17.5. The van der Waals surface area contributed by atoms with E-state index in [0.29, 0.717) is 32.9 Å². The van der Waals surface area contributed by atoms with E-state index < -0.39 is 0 Å². The molecule has 0 spiro atoms. The maximum Gasteiger partial charge on any atom is 0.168 e. The van der Waals surface area contributed by atoms with Crippen molar-refractivity contribution in [1.82, 2.24) is 5.16 Å². The Morgan fingerprint density at radius 3 is 2.67 bits per heavy atom. The van der Waals surface area contributed by atoms with Gasteiger partial charge in [0.05, 0.1) is 16.6 Å². The van der Waals surface area contributed by atoms with E-state index in [1.54, 1.807) is 24.3 Å². The molecule has 0 bridgehead atoms. The van der Waals surface area contributed by atoms with Crippen LogP contribution in [-0.4, -0.2) is 5.16 Å². The molecule has 5 heteroatoms. The minimum Gasteiger partial charge on any atom is -0.356 e. The van der Waals surface area contributed by atoms with Gasteiger partial charge in [0.25, 0.3) is 0 Å². The second kappa shape index (κ2) is 4.44. The maximum absolute atomic E-state index is 6.00. The molecule has 0 aliphatic rings. The molecule has 2 nitrogen and oxygen atoms in total. The second-order valence-electron chi connectivity index (χ2n) is 2.94. The van der Waals surface area contributed by atoms with Crippen molar-refractivity contribution in [2.45, 2.75) is 5.88 Å². The molecule has 1 aromatic carbocycles. The predicted molar refractivity (Wildman–Crippen MR) is 61.5 cm³/mol. The standard InChI is InChI=1S/C10H6Cl3NO/c11-5-7-4-10(15-14-7)8-3-6(12)1-2-9(8)13/h1-4H,5H2. The molecular weight excluding hydrogens is 256 g/mol. The zero-order valence-electron chi connectivity index (χ0n) is 7.51. The lowest BCUT2D eigenvalue weighted by Gasteiger charge is -1.99. The van der Waals surface area contributed by atoms with Crippen LogP contribution in [0.3, 0.4) is 0 Å². The van der Waals surface area contributed by atoms with Crippen molar-refractivity contribution in [3.63, 3.8) is 0 Å². The van der Waals surface area contributed by atoms with Gasteiger partial charge in [0.2, 0.25) is 0 Å². The molecule has 0 unspecified atom stereocenters. The van der Waals surface area contributed by atoms with Crippen LogP contribution in [0.1, 0.15) is 5.69 Å². The van der Waals surface area contributed by atoms with E-state index in [1.807, 2.05) is 0 Å². The summed E-state index contributed by atoms with van der Waals surface area (Å²) in [6.45, 7) is 0. The highest BCUT2D eigenvalue weighted by Crippen LogP contribution is 2.31. The molecule has 2 aromatic rings. The Labute approximate surface area is 102 Å². The van der Waals surface area contributed by atoms with Gasteiger partial charge in [-0.15, -0.1) is 11.6 Å². The van der Waals surface area contributed by atoms with Crippen LogP contribution < -0.4 is 0 Å². The zero-order valence-corrected chi connectivity index (χ0v) is 9.77. The number of halogens is 3. The van der Waals surface area contributed by atoms with Crippen molar-refractivity contribution in [3.8, 4) is 11.3 Å². The van der Waals surface area contributed by atoms with E-state index in [0.717, 1.165) is 0 Å². The number of aromatic nitrogens is 1. The third-order valence-corrected chi connectivity index (χ3v) is 2.73. The highest BCUT2D eigenvalue weighted by molar-refractivity contribution is 6.35. The summed E-state index contributed by atoms with van der Waals surface area (Å²) in [4.78, 5) is 0. The predicted octanol–water partition coefficient (Wildman–Crippen LogP) is 4.39. The fraction of sp³-hybridized carbons (Fsp3) is 0.100. The Balaban J connectivity index is 2.48. The number of hydrogen-bond acceptors (Lipinski definition) is 2. The SMILES string of the molecule is ClCc1cc(-c2cc(Cl)ccc2Cl)on1. The lowest BCUT2D eigenvalue weighted by atomic mass is 10.1. The highest BCUT2D eigenvalue weighted by Gasteiger charge is 2.10. The second-order valence-corrected chi connectivity index (χ2v) is 4.05. The molecule has 0 aliphatic carbocycles. The first kappa shape index (κ1) is 10.8. The van der Waals surface area contributed by atoms with Crippen LogP contribution in [0.15, 0.2) is 28.8 Å². The van der Waals surface area contributed by atoms with Gasteiger partial charge in [0.15, 0.2) is 5.76 Å². The number of benzene rings is 1. The van der Waals surface area contributed by atoms with Crippen LogP contribution in [0.2, 0.25) is 10.0 Å². The van der Waals surface area contributed by atoms with Gasteiger partial charge in [0.1, 0.15) is 0 Å². The van der Waals surface area contributed by atoms with Crippen molar-refractivity contribution < 1.29 is 4.52 Å². The molecule has 0 amide bonds. The Morgan fingerprint density at radius 2 is 2.00 bits per heavy atom. The van der Waals surface area contributed by atoms with E-state index in [2.05, 4.69) is 5.16 Å². The van der Waals surface area contributed by atoms with Crippen molar-refractivity contribution in [2.24, 2.45) is 0 Å². The molecule has 1 aromatic heterocycles. The molecule has 0 saturated carbocycles. The van der Waals surface area contributed by atoms with Crippen LogP contribution in [0.25, 0.3) is 11.3 Å². The summed E-state index contributed by atoms with van der Waals surface area (Å²) in [7, 11) is 0. The van der Waals surface area contributed by atoms with Crippen molar-refractivity contribution >= 4 is 34.8 Å². The molecule has 15 heavy (non-hydrogen) atoms. The van der Waals surface area contributed by atoms with Crippen LogP contribution >= 0.6 is 34.8 Å². The molecule has 1 heterocycles. The summed E-state index contributed by atoms with van der Waals surface area (Å²) in [5, 5.41) is 4.94. The molecule has 2 rings (SSSR count). The van der Waals surface area contributed by atoms with Crippen LogP contribution in [0.5, 0.6) is 0 Å². The quantitative estimate of drug-likeness (QED) is 0.750. The lowest BCUT2D eigenvalue weighted by molar-refractivity contribution is 0.426. The summed E-state index contributed by atoms with van der Waals surface area (Å²) < 4.78 is 5.10. The fourth-order valence-corrected chi connectivity index (χ4v) is 1.70. The summed E-state index contributed by atoms with van der Waals surface area (Å²) in [6, 6.07) is 6.89. The van der Waals surface area contributed by atoms with Gasteiger partial charge in [-0.1, -0.05) is 28.4 Å². The molecular formula is C10H6Cl3NO. The van der Waals surface area contributed by atoms with Crippen molar-refractivity contribution in [1.29, 1.82) is 0 Å². The number of nitrogens with zero attached hydrogens (tertiary/aromatic N) is 1. The zero-order chi connectivity index (χ0) is 10.8. The van der Waals surface area contributed by atoms with Gasteiger partial charge in [-0.05, 0) is 18.2 Å². The monoisotopic (exact) mass is 261 g/mol. The third-order valence-electron chi connectivity index (χ3n) is 1.89. The van der Waals surface area contributed by atoms with Gasteiger partial charge < -0.3 is 4.52 Å². The van der Waals surface area contributed by atoms with Crippen molar-refractivity contribution in [2.75, 3.05) is 0 Å². The van der Waals surface area contributed by atoms with Gasteiger partial charge in [0, 0.05) is 16.7 Å². The normalized spacial score (nSPS) is 10.6. The minimum absolute atomic E-state index is 0.307. The number of rotatable bonds is 2. The van der Waals surface area contributed by atoms with E-state index in [9.17, 15) is 0 Å². The van der Waals surface area contributed by atoms with E-state index in [-0.39, 0.29) is 0 Å². The topological polar surface area (TPSA) is 26.0 Å². The van der Waals surface area contributed by atoms with E-state index in [1.165, 1.54) is 0 Å². The van der Waals surface area contributed by atoms with Gasteiger partial charge >= 0.3 is 0 Å². The summed E-state index contributed by atoms with van der Waals surface area (Å²) in [5.74, 6) is 0.875. The van der Waals surface area contributed by atoms with E-state index in [4.69, 9.17) is 39.3 Å². The Hall–Kier alpha value is -0.700. The number of alkyl halides is 1. The first-order chi connectivity index (χ1) is 7.20. The molecule has 78 valence electrons. The average Bonchev–Trinajstić information content (AvgIpc) is 2.70. The van der Waals surface area contributed by atoms with Crippen molar-refractivity contribution in [3.05, 3.63) is 40.0 Å². The highest BCUT2D eigenvalue weighted by atomic mass is 35.5. The molecule has 0 fully saturated rings. The molecule has 0 atom stereocenters. The molecule has 0 N–H and O–H groups in total. The first-order valence-corrected chi connectivity index (χ1v) is 5.46. The van der Waals surface area contributed by atoms with E-state index >= 15 is 0 Å². The van der Waals surface area contributed by atoms with Crippen LogP contribution in [0.4, 0.5) is 0 Å². The molecule has 0 saturated heterocycles. The minimum atomic E-state index is 0.307. The lowest BCUT2D eigenvalue weighted by Crippen LogP contribution is -1.76. The fourth-order valence-electron chi connectivity index (χ4n) is 1.19. The van der Waals surface area contributed by atoms with Crippen LogP contribution in [0, 0.1) is 0 Å². The first-order valence-electron chi connectivity index (χ1n) is 4.17. The van der Waals surface area contributed by atoms with Gasteiger partial charge in [-0.25, -0.2) is 0 Å². The average molecular weight is 263 g/mol. The number of hydrogen-bond donors (Lipinski definition) is 0. The Morgan fingerprint density at radius 1 is 1.20 bits per heavy atom. The Kier molecular flexibility index (Phi) is 3.19. The summed E-state index contributed by atoms with van der Waals surface area (Å²) in [6.07, 6.45) is 0. The Bertz CT molecular complexity index is 481. The molecule has 0 radical (unpaired) electrons. The molecule has 0 aliphatic heterocycles.